The zero-order valence-corrected chi connectivity index (χ0v) is 20.7. The van der Waals surface area contributed by atoms with Gasteiger partial charge in [-0.2, -0.15) is 0 Å². The minimum absolute atomic E-state index is 0.501. The maximum Gasteiger partial charge on any atom is 0.132 e. The van der Waals surface area contributed by atoms with Crippen LogP contribution in [0.4, 0.5) is 0 Å². The number of para-hydroxylation sites is 1. The molecular formula is C35H21ClO. The first-order valence-corrected chi connectivity index (χ1v) is 12.9. The van der Waals surface area contributed by atoms with Crippen molar-refractivity contribution in [3.63, 3.8) is 0 Å². The van der Waals surface area contributed by atoms with Gasteiger partial charge in [0.15, 0.2) is 0 Å². The van der Waals surface area contributed by atoms with Gasteiger partial charge in [-0.15, -0.1) is 0 Å². The van der Waals surface area contributed by atoms with Gasteiger partial charge in [-0.25, -0.2) is 0 Å². The summed E-state index contributed by atoms with van der Waals surface area (Å²) in [6.07, 6.45) is 0. The predicted octanol–water partition coefficient (Wildman–Crippen LogP) is 9.63. The zero-order valence-electron chi connectivity index (χ0n) is 19.9. The average Bonchev–Trinajstić information content (AvgIpc) is 3.23. The number of hydrogen-bond acceptors (Lipinski definition) is 1. The minimum Gasteiger partial charge on any atom is -0.457 e. The van der Waals surface area contributed by atoms with Crippen LogP contribution in [0.15, 0.2) is 127 Å². The van der Waals surface area contributed by atoms with Crippen LogP contribution in [0.2, 0.25) is 5.02 Å². The summed E-state index contributed by atoms with van der Waals surface area (Å²) in [6, 6.07) is 45.4. The van der Waals surface area contributed by atoms with E-state index in [0.717, 1.165) is 22.1 Å². The Morgan fingerprint density at radius 3 is 2.11 bits per heavy atom. The molecular weight excluding hydrogens is 472 g/mol. The van der Waals surface area contributed by atoms with E-state index in [4.69, 9.17) is 16.3 Å². The molecule has 0 N–H and O–H groups in total. The molecule has 1 nitrogen and oxygen atoms in total. The summed E-state index contributed by atoms with van der Waals surface area (Å²) in [7, 11) is 0. The normalized spacial score (nSPS) is 16.6. The highest BCUT2D eigenvalue weighted by Crippen LogP contribution is 2.63. The fourth-order valence-electron chi connectivity index (χ4n) is 6.50. The molecule has 1 unspecified atom stereocenters. The van der Waals surface area contributed by atoms with E-state index in [-0.39, 0.29) is 0 Å². The lowest BCUT2D eigenvalue weighted by atomic mass is 9.64. The lowest BCUT2D eigenvalue weighted by molar-refractivity contribution is 0.438. The Balaban J connectivity index is 1.56. The van der Waals surface area contributed by atoms with Crippen LogP contribution >= 0.6 is 11.6 Å². The van der Waals surface area contributed by atoms with Crippen LogP contribution < -0.4 is 4.74 Å². The Labute approximate surface area is 220 Å². The molecule has 0 radical (unpaired) electrons. The maximum absolute atomic E-state index is 6.62. The van der Waals surface area contributed by atoms with Crippen molar-refractivity contribution in [1.82, 2.24) is 0 Å². The molecule has 0 bridgehead atoms. The van der Waals surface area contributed by atoms with E-state index in [1.165, 1.54) is 49.7 Å². The van der Waals surface area contributed by atoms with Gasteiger partial charge < -0.3 is 4.74 Å². The summed E-state index contributed by atoms with van der Waals surface area (Å²) in [4.78, 5) is 0. The monoisotopic (exact) mass is 492 g/mol. The number of hydrogen-bond donors (Lipinski definition) is 0. The highest BCUT2D eigenvalue weighted by atomic mass is 35.5. The van der Waals surface area contributed by atoms with Crippen LogP contribution in [0, 0.1) is 0 Å². The predicted molar refractivity (Wildman–Crippen MR) is 152 cm³/mol. The maximum atomic E-state index is 6.62. The van der Waals surface area contributed by atoms with E-state index in [0.29, 0.717) is 0 Å². The van der Waals surface area contributed by atoms with E-state index in [9.17, 15) is 0 Å². The first-order chi connectivity index (χ1) is 18.2. The summed E-state index contributed by atoms with van der Waals surface area (Å²) in [6.45, 7) is 0. The second-order valence-corrected chi connectivity index (χ2v) is 10.3. The molecule has 1 atom stereocenters. The zero-order chi connectivity index (χ0) is 24.6. The molecule has 0 amide bonds. The molecule has 1 heterocycles. The number of halogens is 1. The fourth-order valence-corrected chi connectivity index (χ4v) is 6.63. The third-order valence-corrected chi connectivity index (χ3v) is 8.25. The summed E-state index contributed by atoms with van der Waals surface area (Å²) in [5, 5.41) is 3.17. The lowest BCUT2D eigenvalue weighted by Crippen LogP contribution is -2.32. The number of ether oxygens (including phenoxy) is 1. The molecule has 0 saturated carbocycles. The number of fused-ring (bicyclic) bond motifs is 11. The molecule has 1 aliphatic heterocycles. The van der Waals surface area contributed by atoms with E-state index < -0.39 is 5.41 Å². The van der Waals surface area contributed by atoms with E-state index in [2.05, 4.69) is 115 Å². The van der Waals surface area contributed by atoms with Crippen molar-refractivity contribution in [1.29, 1.82) is 0 Å². The first kappa shape index (κ1) is 20.8. The number of rotatable bonds is 1. The van der Waals surface area contributed by atoms with Crippen LogP contribution in [0.1, 0.15) is 22.3 Å². The van der Waals surface area contributed by atoms with Gasteiger partial charge in [-0.05, 0) is 74.5 Å². The van der Waals surface area contributed by atoms with Crippen molar-refractivity contribution >= 4 is 22.4 Å². The van der Waals surface area contributed by atoms with Gasteiger partial charge in [0.1, 0.15) is 11.5 Å². The van der Waals surface area contributed by atoms with Crippen LogP contribution in [-0.2, 0) is 5.41 Å². The second-order valence-electron chi connectivity index (χ2n) is 9.82. The largest absolute Gasteiger partial charge is 0.457 e. The Kier molecular flexibility index (Phi) is 4.27. The van der Waals surface area contributed by atoms with Crippen molar-refractivity contribution in [2.24, 2.45) is 0 Å². The molecule has 0 fully saturated rings. The second kappa shape index (κ2) is 7.59. The van der Waals surface area contributed by atoms with E-state index in [1.807, 2.05) is 12.1 Å². The third-order valence-electron chi connectivity index (χ3n) is 8.00. The highest BCUT2D eigenvalue weighted by Gasteiger charge is 2.51. The Bertz CT molecular complexity index is 1870. The summed E-state index contributed by atoms with van der Waals surface area (Å²) >= 11 is 6.22. The van der Waals surface area contributed by atoms with Crippen LogP contribution in [-0.4, -0.2) is 0 Å². The van der Waals surface area contributed by atoms with Gasteiger partial charge in [-0.3, -0.25) is 0 Å². The van der Waals surface area contributed by atoms with Crippen molar-refractivity contribution in [3.05, 3.63) is 155 Å². The molecule has 6 aromatic carbocycles. The highest BCUT2D eigenvalue weighted by molar-refractivity contribution is 6.30. The molecule has 174 valence electrons. The smallest absolute Gasteiger partial charge is 0.132 e. The minimum atomic E-state index is -0.501. The fraction of sp³-hybridized carbons (Fsp3) is 0.0286. The van der Waals surface area contributed by atoms with Crippen molar-refractivity contribution < 1.29 is 4.74 Å². The molecule has 37 heavy (non-hydrogen) atoms. The van der Waals surface area contributed by atoms with Gasteiger partial charge >= 0.3 is 0 Å². The van der Waals surface area contributed by atoms with Gasteiger partial charge in [0, 0.05) is 16.1 Å². The third kappa shape index (κ3) is 2.75. The molecule has 1 spiro atoms. The van der Waals surface area contributed by atoms with Crippen molar-refractivity contribution in [2.75, 3.05) is 0 Å². The van der Waals surface area contributed by atoms with Crippen molar-refractivity contribution in [3.8, 4) is 33.8 Å². The summed E-state index contributed by atoms with van der Waals surface area (Å²) in [5.74, 6) is 1.82. The Morgan fingerprint density at radius 2 is 1.22 bits per heavy atom. The van der Waals surface area contributed by atoms with Crippen molar-refractivity contribution in [2.45, 2.75) is 5.41 Å². The van der Waals surface area contributed by atoms with E-state index >= 15 is 0 Å². The van der Waals surface area contributed by atoms with Gasteiger partial charge in [-0.1, -0.05) is 109 Å². The standard InChI is InChI=1S/C35H21ClO/c36-25-17-13-22(14-18-25)24-15-19-28-27-9-3-4-10-29(27)35(31(28)21-24)30-11-5-6-12-32(30)37-33-20-16-23-7-1-2-8-26(23)34(33)35/h1-21H. The number of benzene rings is 6. The van der Waals surface area contributed by atoms with Crippen LogP contribution in [0.25, 0.3) is 33.0 Å². The molecule has 0 aromatic heterocycles. The molecule has 2 aliphatic rings. The van der Waals surface area contributed by atoms with Crippen LogP contribution in [0.3, 0.4) is 0 Å². The van der Waals surface area contributed by atoms with Gasteiger partial charge in [0.2, 0.25) is 0 Å². The average molecular weight is 493 g/mol. The van der Waals surface area contributed by atoms with Gasteiger partial charge in [0.25, 0.3) is 0 Å². The molecule has 6 aromatic rings. The summed E-state index contributed by atoms with van der Waals surface area (Å²) < 4.78 is 6.62. The quantitative estimate of drug-likeness (QED) is 0.221. The molecule has 0 saturated heterocycles. The first-order valence-electron chi connectivity index (χ1n) is 12.5. The van der Waals surface area contributed by atoms with Crippen LogP contribution in [0.5, 0.6) is 11.5 Å². The lowest BCUT2D eigenvalue weighted by Gasteiger charge is -2.40. The molecule has 8 rings (SSSR count). The topological polar surface area (TPSA) is 9.23 Å². The summed E-state index contributed by atoms with van der Waals surface area (Å²) in [5.41, 5.74) is 9.34. The Morgan fingerprint density at radius 1 is 0.514 bits per heavy atom. The van der Waals surface area contributed by atoms with Gasteiger partial charge in [0.05, 0.1) is 5.41 Å². The SMILES string of the molecule is Clc1ccc(-c2ccc3c(c2)C2(c4ccccc4Oc4ccc5ccccc5c42)c2ccccc2-3)cc1. The van der Waals surface area contributed by atoms with E-state index in [1.54, 1.807) is 0 Å². The molecule has 1 aliphatic carbocycles. The molecule has 2 heteroatoms. The Hall–Kier alpha value is -4.33.